The van der Waals surface area contributed by atoms with Crippen molar-refractivity contribution >= 4 is 5.69 Å². The highest BCUT2D eigenvalue weighted by atomic mass is 19.1. The van der Waals surface area contributed by atoms with Crippen molar-refractivity contribution in [3.05, 3.63) is 29.6 Å². The summed E-state index contributed by atoms with van der Waals surface area (Å²) in [6, 6.07) is 4.94. The molecule has 20 heavy (non-hydrogen) atoms. The summed E-state index contributed by atoms with van der Waals surface area (Å²) in [6.45, 7) is 6.17. The van der Waals surface area contributed by atoms with Crippen LogP contribution < -0.4 is 11.1 Å². The van der Waals surface area contributed by atoms with E-state index in [-0.39, 0.29) is 5.82 Å². The number of hydrogen-bond acceptors (Lipinski definition) is 2. The van der Waals surface area contributed by atoms with E-state index in [0.717, 1.165) is 12.5 Å². The van der Waals surface area contributed by atoms with Gasteiger partial charge in [-0.05, 0) is 42.7 Å². The molecule has 0 atom stereocenters. The number of hydrogen-bond donors (Lipinski definition) is 2. The highest BCUT2D eigenvalue weighted by molar-refractivity contribution is 5.40. The third kappa shape index (κ3) is 3.95. The third-order valence-electron chi connectivity index (χ3n) is 4.40. The van der Waals surface area contributed by atoms with Crippen LogP contribution in [-0.2, 0) is 6.54 Å². The molecule has 2 rings (SSSR count). The molecular formula is C17H27FN2. The van der Waals surface area contributed by atoms with E-state index < -0.39 is 0 Å². The number of halogens is 1. The summed E-state index contributed by atoms with van der Waals surface area (Å²) in [5.74, 6) is 0.519. The van der Waals surface area contributed by atoms with E-state index in [0.29, 0.717) is 23.2 Å². The van der Waals surface area contributed by atoms with Gasteiger partial charge in [-0.25, -0.2) is 4.39 Å². The second-order valence-corrected chi connectivity index (χ2v) is 6.76. The first-order chi connectivity index (χ1) is 9.51. The van der Waals surface area contributed by atoms with Gasteiger partial charge in [-0.2, -0.15) is 0 Å². The van der Waals surface area contributed by atoms with Crippen LogP contribution in [0.1, 0.15) is 51.5 Å². The number of benzene rings is 1. The lowest BCUT2D eigenvalue weighted by molar-refractivity contribution is 0.223. The van der Waals surface area contributed by atoms with Crippen molar-refractivity contribution < 1.29 is 4.39 Å². The van der Waals surface area contributed by atoms with E-state index in [9.17, 15) is 4.39 Å². The fourth-order valence-corrected chi connectivity index (χ4v) is 3.61. The van der Waals surface area contributed by atoms with Crippen molar-refractivity contribution in [1.82, 2.24) is 5.32 Å². The molecule has 0 heterocycles. The Hall–Kier alpha value is -1.09. The molecule has 2 nitrogen and oxygen atoms in total. The van der Waals surface area contributed by atoms with Gasteiger partial charge in [-0.1, -0.05) is 32.8 Å². The Morgan fingerprint density at radius 2 is 2.00 bits per heavy atom. The Morgan fingerprint density at radius 3 is 2.60 bits per heavy atom. The standard InChI is InChI=1S/C17H27FN2/c1-13(2)10-17(7-3-4-8-17)12-20-11-14-5-6-15(19)9-16(14)18/h5-6,9,13,20H,3-4,7-8,10-12,19H2,1-2H3. The first-order valence-corrected chi connectivity index (χ1v) is 7.75. The molecule has 0 unspecified atom stereocenters. The van der Waals surface area contributed by atoms with E-state index in [2.05, 4.69) is 19.2 Å². The van der Waals surface area contributed by atoms with Crippen molar-refractivity contribution in [2.24, 2.45) is 11.3 Å². The monoisotopic (exact) mass is 278 g/mol. The summed E-state index contributed by atoms with van der Waals surface area (Å²) in [7, 11) is 0. The Labute approximate surface area is 121 Å². The summed E-state index contributed by atoms with van der Waals surface area (Å²) in [5.41, 5.74) is 7.19. The van der Waals surface area contributed by atoms with E-state index >= 15 is 0 Å². The van der Waals surface area contributed by atoms with Crippen molar-refractivity contribution in [2.75, 3.05) is 12.3 Å². The fraction of sp³-hybridized carbons (Fsp3) is 0.647. The molecule has 1 fully saturated rings. The maximum absolute atomic E-state index is 13.7. The molecule has 1 aromatic rings. The van der Waals surface area contributed by atoms with Gasteiger partial charge in [0.05, 0.1) is 0 Å². The van der Waals surface area contributed by atoms with Crippen LogP contribution in [0.15, 0.2) is 18.2 Å². The SMILES string of the molecule is CC(C)CC1(CNCc2ccc(N)cc2F)CCCC1. The van der Waals surface area contributed by atoms with Gasteiger partial charge in [-0.15, -0.1) is 0 Å². The molecule has 1 aromatic carbocycles. The van der Waals surface area contributed by atoms with Crippen LogP contribution in [0.2, 0.25) is 0 Å². The summed E-state index contributed by atoms with van der Waals surface area (Å²) < 4.78 is 13.7. The third-order valence-corrected chi connectivity index (χ3v) is 4.40. The smallest absolute Gasteiger partial charge is 0.129 e. The Bertz CT molecular complexity index is 437. The van der Waals surface area contributed by atoms with Crippen molar-refractivity contribution in [3.8, 4) is 0 Å². The first kappa shape index (κ1) is 15.3. The average Bonchev–Trinajstić information content (AvgIpc) is 2.80. The zero-order valence-electron chi connectivity index (χ0n) is 12.7. The summed E-state index contributed by atoms with van der Waals surface area (Å²) in [4.78, 5) is 0. The van der Waals surface area contributed by atoms with Gasteiger partial charge in [0, 0.05) is 24.3 Å². The zero-order valence-corrected chi connectivity index (χ0v) is 12.7. The molecule has 0 aromatic heterocycles. The molecule has 0 bridgehead atoms. The van der Waals surface area contributed by atoms with Crippen molar-refractivity contribution in [3.63, 3.8) is 0 Å². The van der Waals surface area contributed by atoms with Gasteiger partial charge in [0.2, 0.25) is 0 Å². The maximum Gasteiger partial charge on any atom is 0.129 e. The van der Waals surface area contributed by atoms with Gasteiger partial charge in [0.1, 0.15) is 5.82 Å². The highest BCUT2D eigenvalue weighted by Crippen LogP contribution is 2.42. The number of anilines is 1. The maximum atomic E-state index is 13.7. The van der Waals surface area contributed by atoms with Crippen LogP contribution in [0.5, 0.6) is 0 Å². The minimum Gasteiger partial charge on any atom is -0.399 e. The lowest BCUT2D eigenvalue weighted by atomic mass is 9.78. The minimum absolute atomic E-state index is 0.207. The van der Waals surface area contributed by atoms with Crippen molar-refractivity contribution in [2.45, 2.75) is 52.5 Å². The highest BCUT2D eigenvalue weighted by Gasteiger charge is 2.33. The number of rotatable bonds is 6. The molecule has 112 valence electrons. The van der Waals surface area contributed by atoms with Crippen LogP contribution in [-0.4, -0.2) is 6.54 Å². The molecule has 1 saturated carbocycles. The average molecular weight is 278 g/mol. The normalized spacial score (nSPS) is 17.8. The Kier molecular flexibility index (Phi) is 5.03. The topological polar surface area (TPSA) is 38.0 Å². The number of nitrogens with one attached hydrogen (secondary N) is 1. The van der Waals surface area contributed by atoms with Gasteiger partial charge in [-0.3, -0.25) is 0 Å². The lowest BCUT2D eigenvalue weighted by Crippen LogP contribution is -2.33. The molecule has 0 spiro atoms. The molecule has 0 radical (unpaired) electrons. The molecule has 3 N–H and O–H groups in total. The second-order valence-electron chi connectivity index (χ2n) is 6.76. The molecule has 1 aliphatic rings. The number of nitrogen functional groups attached to an aromatic ring is 1. The lowest BCUT2D eigenvalue weighted by Gasteiger charge is -2.31. The van der Waals surface area contributed by atoms with E-state index in [1.54, 1.807) is 12.1 Å². The molecule has 0 aliphatic heterocycles. The van der Waals surface area contributed by atoms with Crippen LogP contribution >= 0.6 is 0 Å². The zero-order chi connectivity index (χ0) is 14.6. The van der Waals surface area contributed by atoms with Gasteiger partial charge in [0.25, 0.3) is 0 Å². The molecular weight excluding hydrogens is 251 g/mol. The van der Waals surface area contributed by atoms with Crippen LogP contribution in [0.3, 0.4) is 0 Å². The Morgan fingerprint density at radius 1 is 1.30 bits per heavy atom. The predicted octanol–water partition coefficient (Wildman–Crippen LogP) is 4.10. The molecule has 0 saturated heterocycles. The minimum atomic E-state index is -0.207. The first-order valence-electron chi connectivity index (χ1n) is 7.75. The van der Waals surface area contributed by atoms with Crippen molar-refractivity contribution in [1.29, 1.82) is 0 Å². The van der Waals surface area contributed by atoms with E-state index in [1.807, 2.05) is 0 Å². The molecule has 1 aliphatic carbocycles. The van der Waals surface area contributed by atoms with Gasteiger partial charge in [0.15, 0.2) is 0 Å². The number of nitrogens with two attached hydrogens (primary N) is 1. The summed E-state index contributed by atoms with van der Waals surface area (Å²) in [5, 5.41) is 3.47. The van der Waals surface area contributed by atoms with Crippen LogP contribution in [0.4, 0.5) is 10.1 Å². The van der Waals surface area contributed by atoms with Crippen LogP contribution in [0.25, 0.3) is 0 Å². The second kappa shape index (κ2) is 6.57. The van der Waals surface area contributed by atoms with Gasteiger partial charge < -0.3 is 11.1 Å². The quantitative estimate of drug-likeness (QED) is 0.769. The van der Waals surface area contributed by atoms with Crippen LogP contribution in [0, 0.1) is 17.2 Å². The molecule has 0 amide bonds. The predicted molar refractivity (Wildman–Crippen MR) is 82.9 cm³/mol. The van der Waals surface area contributed by atoms with Gasteiger partial charge >= 0.3 is 0 Å². The van der Waals surface area contributed by atoms with E-state index in [4.69, 9.17) is 5.73 Å². The summed E-state index contributed by atoms with van der Waals surface area (Å²) >= 11 is 0. The summed E-state index contributed by atoms with van der Waals surface area (Å²) in [6.07, 6.45) is 6.56. The molecule has 3 heteroatoms. The fourth-order valence-electron chi connectivity index (χ4n) is 3.61. The Balaban J connectivity index is 1.90. The largest absolute Gasteiger partial charge is 0.399 e. The van der Waals surface area contributed by atoms with E-state index in [1.165, 1.54) is 38.2 Å².